The Bertz CT molecular complexity index is 2390. The van der Waals surface area contributed by atoms with Gasteiger partial charge in [-0.15, -0.1) is 0 Å². The van der Waals surface area contributed by atoms with Crippen molar-refractivity contribution >= 4 is 39.5 Å². The summed E-state index contributed by atoms with van der Waals surface area (Å²) in [4.78, 5) is 73.0. The first-order valence-electron chi connectivity index (χ1n) is 41.1. The Labute approximate surface area is 632 Å². The number of carbonyl (C=O) groups is 4. The predicted molar refractivity (Wildman–Crippen MR) is 427 cm³/mol. The van der Waals surface area contributed by atoms with Gasteiger partial charge in [-0.3, -0.25) is 37.3 Å². The summed E-state index contributed by atoms with van der Waals surface area (Å²) in [5, 5.41) is 10.6. The van der Waals surface area contributed by atoms with E-state index in [0.717, 1.165) is 161 Å². The molecule has 0 amide bonds. The van der Waals surface area contributed by atoms with Gasteiger partial charge in [-0.1, -0.05) is 285 Å². The van der Waals surface area contributed by atoms with Gasteiger partial charge >= 0.3 is 39.5 Å². The molecule has 0 aliphatic carbocycles. The van der Waals surface area contributed by atoms with E-state index in [1.807, 2.05) is 12.2 Å². The van der Waals surface area contributed by atoms with E-state index in [9.17, 15) is 43.2 Å². The summed E-state index contributed by atoms with van der Waals surface area (Å²) < 4.78 is 68.6. The number of esters is 4. The Morgan fingerprint density at radius 1 is 0.269 bits per heavy atom. The molecule has 19 heteroatoms. The summed E-state index contributed by atoms with van der Waals surface area (Å²) in [5.74, 6) is -2.28. The molecule has 0 radical (unpaired) electrons. The Balaban J connectivity index is 5.43. The maximum Gasteiger partial charge on any atom is 0.472 e. The average Bonchev–Trinajstić information content (AvgIpc) is 0.918. The zero-order chi connectivity index (χ0) is 76.0. The van der Waals surface area contributed by atoms with Gasteiger partial charge in [0.2, 0.25) is 0 Å². The van der Waals surface area contributed by atoms with E-state index in [0.29, 0.717) is 32.1 Å². The molecule has 0 aliphatic heterocycles. The molecule has 0 aliphatic rings. The van der Waals surface area contributed by atoms with Crippen molar-refractivity contribution in [1.29, 1.82) is 0 Å². The summed E-state index contributed by atoms with van der Waals surface area (Å²) in [6.45, 7) is 4.73. The van der Waals surface area contributed by atoms with Crippen molar-refractivity contribution in [2.75, 3.05) is 39.6 Å². The van der Waals surface area contributed by atoms with Crippen LogP contribution in [0.2, 0.25) is 0 Å². The molecule has 0 fully saturated rings. The number of ether oxygens (including phenoxy) is 4. The van der Waals surface area contributed by atoms with E-state index in [4.69, 9.17) is 37.0 Å². The number of aliphatic hydroxyl groups excluding tert-OH is 1. The number of allylic oxidation sites excluding steroid dienone is 18. The topological polar surface area (TPSA) is 237 Å². The molecule has 2 unspecified atom stereocenters. The van der Waals surface area contributed by atoms with Gasteiger partial charge in [-0.05, 0) is 148 Å². The van der Waals surface area contributed by atoms with Crippen molar-refractivity contribution in [1.82, 2.24) is 0 Å². The minimum atomic E-state index is -5.00. The molecule has 104 heavy (non-hydrogen) atoms. The zero-order valence-corrected chi connectivity index (χ0v) is 67.5. The van der Waals surface area contributed by atoms with E-state index < -0.39 is 97.5 Å². The van der Waals surface area contributed by atoms with E-state index in [2.05, 4.69) is 125 Å². The fraction of sp³-hybridized carbons (Fsp3) is 0.741. The van der Waals surface area contributed by atoms with E-state index >= 15 is 0 Å². The number of aliphatic hydroxyl groups is 1. The van der Waals surface area contributed by atoms with Crippen LogP contribution in [0.25, 0.3) is 0 Å². The number of unbranched alkanes of at least 4 members (excludes halogenated alkanes) is 33. The minimum Gasteiger partial charge on any atom is -0.462 e. The first-order chi connectivity index (χ1) is 50.7. The quantitative estimate of drug-likeness (QED) is 0.0169. The number of phosphoric ester groups is 2. The largest absolute Gasteiger partial charge is 0.472 e. The molecule has 0 saturated heterocycles. The smallest absolute Gasteiger partial charge is 0.462 e. The Morgan fingerprint density at radius 3 is 0.808 bits per heavy atom. The van der Waals surface area contributed by atoms with Gasteiger partial charge in [0.25, 0.3) is 0 Å². The van der Waals surface area contributed by atoms with Crippen molar-refractivity contribution in [2.45, 2.75) is 367 Å². The van der Waals surface area contributed by atoms with Crippen molar-refractivity contribution in [3.63, 3.8) is 0 Å². The molecule has 0 saturated carbocycles. The van der Waals surface area contributed by atoms with Gasteiger partial charge < -0.3 is 33.8 Å². The standard InChI is InChI=1S/C85H148O17P2/c1-5-9-13-17-21-25-29-33-37-38-39-40-44-46-50-54-58-62-66-70-83(88)96-76-81(102-85(90)72-68-64-60-56-52-48-43-36-32-28-24-20-16-12-8-4)78-100-104(93,94)98-74-79(86)73-97-103(91,92)99-77-80(101-84(89)71-67-63-59-55-51-47-42-35-31-27-23-19-15-11-7-3)75-95-82(87)69-65-61-57-53-49-45-41-34-30-26-22-18-14-10-6-2/h21,23,25-28,30,32-33,35,37,39-40,42,46,50,58,62,79-81,86H,5-20,22,24,29,31,34,36,38,41,43-45,47-49,51-57,59-61,63-78H2,1-4H3,(H,91,92)(H,93,94)/b25-21-,27-23-,30-26-,32-28-,37-33-,40-39-,42-35-,50-46-,62-58-/t79-,80+,81+/m0/s1. The van der Waals surface area contributed by atoms with Crippen LogP contribution in [-0.2, 0) is 65.4 Å². The molecule has 0 aromatic heterocycles. The van der Waals surface area contributed by atoms with Crippen molar-refractivity contribution in [2.24, 2.45) is 0 Å². The van der Waals surface area contributed by atoms with Crippen LogP contribution in [0.4, 0.5) is 0 Å². The Hall–Kier alpha value is -4.28. The molecular formula is C85H148O17P2. The molecule has 3 N–H and O–H groups in total. The molecule has 0 aromatic carbocycles. The highest BCUT2D eigenvalue weighted by Gasteiger charge is 2.30. The van der Waals surface area contributed by atoms with Crippen molar-refractivity contribution in [3.05, 3.63) is 109 Å². The molecule has 0 spiro atoms. The monoisotopic (exact) mass is 1500 g/mol. The number of hydrogen-bond acceptors (Lipinski definition) is 15. The van der Waals surface area contributed by atoms with Crippen LogP contribution in [0.3, 0.4) is 0 Å². The molecule has 0 bridgehead atoms. The molecule has 600 valence electrons. The summed E-state index contributed by atoms with van der Waals surface area (Å²) in [6, 6.07) is 0. The van der Waals surface area contributed by atoms with Crippen LogP contribution < -0.4 is 0 Å². The molecule has 0 aromatic rings. The Morgan fingerprint density at radius 2 is 0.490 bits per heavy atom. The lowest BCUT2D eigenvalue weighted by Gasteiger charge is -2.21. The van der Waals surface area contributed by atoms with E-state index in [1.54, 1.807) is 0 Å². The average molecular weight is 1500 g/mol. The fourth-order valence-electron chi connectivity index (χ4n) is 10.9. The Kier molecular flexibility index (Phi) is 73.7. The molecular weight excluding hydrogens is 1350 g/mol. The number of hydrogen-bond donors (Lipinski definition) is 3. The van der Waals surface area contributed by atoms with Crippen molar-refractivity contribution < 1.29 is 80.2 Å². The van der Waals surface area contributed by atoms with Gasteiger partial charge in [-0.2, -0.15) is 0 Å². The molecule has 0 heterocycles. The third-order valence-corrected chi connectivity index (χ3v) is 19.1. The van der Waals surface area contributed by atoms with Gasteiger partial charge in [0.1, 0.15) is 19.3 Å². The van der Waals surface area contributed by atoms with E-state index in [-0.39, 0.29) is 25.7 Å². The lowest BCUT2D eigenvalue weighted by atomic mass is 10.1. The van der Waals surface area contributed by atoms with Crippen LogP contribution in [-0.4, -0.2) is 96.7 Å². The van der Waals surface area contributed by atoms with Crippen LogP contribution >= 0.6 is 15.6 Å². The second-order valence-corrected chi connectivity index (χ2v) is 30.3. The number of phosphoric acid groups is 2. The normalized spacial score (nSPS) is 14.4. The highest BCUT2D eigenvalue weighted by atomic mass is 31.2. The summed E-state index contributed by atoms with van der Waals surface area (Å²) in [5.41, 5.74) is 0. The lowest BCUT2D eigenvalue weighted by molar-refractivity contribution is -0.161. The highest BCUT2D eigenvalue weighted by Crippen LogP contribution is 2.45. The second kappa shape index (κ2) is 76.9. The van der Waals surface area contributed by atoms with Gasteiger partial charge in [0, 0.05) is 25.7 Å². The van der Waals surface area contributed by atoms with Gasteiger partial charge in [-0.25, -0.2) is 9.13 Å². The predicted octanol–water partition coefficient (Wildman–Crippen LogP) is 24.1. The highest BCUT2D eigenvalue weighted by molar-refractivity contribution is 7.47. The van der Waals surface area contributed by atoms with Gasteiger partial charge in [0.15, 0.2) is 12.2 Å². The second-order valence-electron chi connectivity index (χ2n) is 27.3. The number of carbonyl (C=O) groups excluding carboxylic acids is 4. The number of rotatable bonds is 77. The minimum absolute atomic E-state index is 0.0367. The molecule has 0 rings (SSSR count). The fourth-order valence-corrected chi connectivity index (χ4v) is 12.4. The maximum atomic E-state index is 13.1. The van der Waals surface area contributed by atoms with E-state index in [1.165, 1.54) is 103 Å². The van der Waals surface area contributed by atoms with Crippen LogP contribution in [0.15, 0.2) is 109 Å². The SMILES string of the molecule is CCCCC/C=C\C/C=C\C/C=C\C/C=C\C/C=C\CCC(=O)OC[C@H](COP(=O)(O)OC[C@@H](O)COP(=O)(O)OC[C@@H](COC(=O)CCCCCCCCC/C=C\CCCCCC)OC(=O)CCCCCCC/C=C\C/C=C\CCCCC)OC(=O)CCCCCCCCC/C=C\CCCCCC. The summed E-state index contributed by atoms with van der Waals surface area (Å²) in [6.07, 6.45) is 83.5. The molecule has 5 atom stereocenters. The summed E-state index contributed by atoms with van der Waals surface area (Å²) >= 11 is 0. The van der Waals surface area contributed by atoms with Crippen LogP contribution in [0, 0.1) is 0 Å². The van der Waals surface area contributed by atoms with Gasteiger partial charge in [0.05, 0.1) is 26.4 Å². The first kappa shape index (κ1) is 99.7. The summed E-state index contributed by atoms with van der Waals surface area (Å²) in [7, 11) is -9.98. The van der Waals surface area contributed by atoms with Crippen molar-refractivity contribution in [3.8, 4) is 0 Å². The zero-order valence-electron chi connectivity index (χ0n) is 65.7. The van der Waals surface area contributed by atoms with Crippen LogP contribution in [0.1, 0.15) is 349 Å². The maximum absolute atomic E-state index is 13.1. The molecule has 17 nitrogen and oxygen atoms in total. The van der Waals surface area contributed by atoms with Crippen LogP contribution in [0.5, 0.6) is 0 Å². The third-order valence-electron chi connectivity index (χ3n) is 17.2. The lowest BCUT2D eigenvalue weighted by Crippen LogP contribution is -2.30. The third kappa shape index (κ3) is 75.9. The first-order valence-corrected chi connectivity index (χ1v) is 44.1.